The monoisotopic (exact) mass is 263 g/mol. The Kier molecular flexibility index (Phi) is 4.45. The van der Waals surface area contributed by atoms with Gasteiger partial charge in [0.2, 0.25) is 5.91 Å². The van der Waals surface area contributed by atoms with Crippen LogP contribution in [0.2, 0.25) is 0 Å². The first-order valence-corrected chi connectivity index (χ1v) is 5.44. The van der Waals surface area contributed by atoms with Crippen molar-refractivity contribution < 1.29 is 18.0 Å². The summed E-state index contributed by atoms with van der Waals surface area (Å²) in [5.74, 6) is -0.314. The van der Waals surface area contributed by atoms with Crippen molar-refractivity contribution in [2.45, 2.75) is 24.9 Å². The topological polar surface area (TPSA) is 29.1 Å². The van der Waals surface area contributed by atoms with Gasteiger partial charge in [0.15, 0.2) is 0 Å². The van der Waals surface area contributed by atoms with E-state index >= 15 is 0 Å². The van der Waals surface area contributed by atoms with Crippen LogP contribution in [0.3, 0.4) is 0 Å². The minimum absolute atomic E-state index is 0.0631. The molecule has 0 aliphatic heterocycles. The van der Waals surface area contributed by atoms with Gasteiger partial charge in [-0.25, -0.2) is 0 Å². The van der Waals surface area contributed by atoms with E-state index in [1.165, 1.54) is 12.1 Å². The number of amides is 1. The Morgan fingerprint density at radius 1 is 1.47 bits per heavy atom. The Balaban J connectivity index is 2.70. The van der Waals surface area contributed by atoms with Crippen LogP contribution in [0.25, 0.3) is 0 Å². The van der Waals surface area contributed by atoms with E-state index in [0.29, 0.717) is 5.56 Å². The molecule has 0 saturated carbocycles. The molecule has 1 amide bonds. The molecule has 1 atom stereocenters. The predicted molar refractivity (Wildman–Crippen MR) is 61.7 cm³/mol. The van der Waals surface area contributed by atoms with E-state index < -0.39 is 17.0 Å². The smallest absolute Gasteiger partial charge is 0.351 e. The number of benzene rings is 1. The SMILES string of the molecule is CC(S)C(=O)NCc1cccc(C(F)(F)F)c1. The third-order valence-electron chi connectivity index (χ3n) is 2.10. The lowest BCUT2D eigenvalue weighted by molar-refractivity contribution is -0.137. The molecule has 94 valence electrons. The maximum absolute atomic E-state index is 12.4. The molecule has 1 aromatic rings. The zero-order valence-corrected chi connectivity index (χ0v) is 9.98. The van der Waals surface area contributed by atoms with Gasteiger partial charge in [-0.2, -0.15) is 25.8 Å². The van der Waals surface area contributed by atoms with Gasteiger partial charge in [-0.3, -0.25) is 4.79 Å². The third-order valence-corrected chi connectivity index (χ3v) is 2.34. The molecular formula is C11H12F3NOS. The number of carbonyl (C=O) groups is 1. The lowest BCUT2D eigenvalue weighted by Gasteiger charge is -2.10. The molecule has 1 unspecified atom stereocenters. The highest BCUT2D eigenvalue weighted by atomic mass is 32.1. The van der Waals surface area contributed by atoms with Crippen molar-refractivity contribution in [1.29, 1.82) is 0 Å². The van der Waals surface area contributed by atoms with Crippen LogP contribution in [0.5, 0.6) is 0 Å². The molecule has 17 heavy (non-hydrogen) atoms. The molecule has 0 aromatic heterocycles. The van der Waals surface area contributed by atoms with Crippen LogP contribution in [-0.4, -0.2) is 11.2 Å². The van der Waals surface area contributed by atoms with Crippen molar-refractivity contribution >= 4 is 18.5 Å². The quantitative estimate of drug-likeness (QED) is 0.807. The summed E-state index contributed by atoms with van der Waals surface area (Å²) in [4.78, 5) is 11.2. The van der Waals surface area contributed by atoms with Crippen molar-refractivity contribution in [3.8, 4) is 0 Å². The highest BCUT2D eigenvalue weighted by Crippen LogP contribution is 2.29. The minimum atomic E-state index is -4.36. The van der Waals surface area contributed by atoms with Crippen molar-refractivity contribution in [3.05, 3.63) is 35.4 Å². The predicted octanol–water partition coefficient (Wildman–Crippen LogP) is 2.64. The van der Waals surface area contributed by atoms with Gasteiger partial charge in [-0.05, 0) is 24.6 Å². The Morgan fingerprint density at radius 3 is 2.65 bits per heavy atom. The van der Waals surface area contributed by atoms with Crippen LogP contribution >= 0.6 is 12.6 Å². The van der Waals surface area contributed by atoms with Crippen LogP contribution in [-0.2, 0) is 17.5 Å². The lowest BCUT2D eigenvalue weighted by atomic mass is 10.1. The number of carbonyl (C=O) groups excluding carboxylic acids is 1. The summed E-state index contributed by atoms with van der Waals surface area (Å²) in [7, 11) is 0. The molecule has 0 heterocycles. The highest BCUT2D eigenvalue weighted by molar-refractivity contribution is 7.81. The summed E-state index contributed by atoms with van der Waals surface area (Å²) in [6.45, 7) is 1.65. The number of alkyl halides is 3. The Hall–Kier alpha value is -1.17. The van der Waals surface area contributed by atoms with Gasteiger partial charge in [-0.1, -0.05) is 12.1 Å². The molecule has 0 saturated heterocycles. The summed E-state index contributed by atoms with van der Waals surface area (Å²) >= 11 is 3.91. The van der Waals surface area contributed by atoms with Crippen LogP contribution in [0, 0.1) is 0 Å². The maximum Gasteiger partial charge on any atom is 0.416 e. The van der Waals surface area contributed by atoms with E-state index in [2.05, 4.69) is 17.9 Å². The molecule has 6 heteroatoms. The number of hydrogen-bond acceptors (Lipinski definition) is 2. The van der Waals surface area contributed by atoms with E-state index in [9.17, 15) is 18.0 Å². The third kappa shape index (κ3) is 4.30. The standard InChI is InChI=1S/C11H12F3NOS/c1-7(17)10(16)15-6-8-3-2-4-9(5-8)11(12,13)14/h2-5,7,17H,6H2,1H3,(H,15,16). The van der Waals surface area contributed by atoms with Crippen LogP contribution in [0.4, 0.5) is 13.2 Å². The molecule has 1 N–H and O–H groups in total. The summed E-state index contributed by atoms with van der Waals surface area (Å²) in [6, 6.07) is 4.85. The number of nitrogens with one attached hydrogen (secondary N) is 1. The molecule has 0 spiro atoms. The summed E-state index contributed by atoms with van der Waals surface area (Å²) in [6.07, 6.45) is -4.36. The fourth-order valence-corrected chi connectivity index (χ4v) is 1.29. The van der Waals surface area contributed by atoms with Gasteiger partial charge in [0, 0.05) is 6.54 Å². The zero-order chi connectivity index (χ0) is 13.1. The molecule has 0 fully saturated rings. The fraction of sp³-hybridized carbons (Fsp3) is 0.364. The Bertz CT molecular complexity index is 404. The molecule has 0 radical (unpaired) electrons. The van der Waals surface area contributed by atoms with Crippen LogP contribution in [0.15, 0.2) is 24.3 Å². The summed E-state index contributed by atoms with van der Waals surface area (Å²) in [5, 5.41) is 2.01. The molecule has 1 rings (SSSR count). The molecule has 0 bridgehead atoms. The number of rotatable bonds is 3. The van der Waals surface area contributed by atoms with Crippen molar-refractivity contribution in [2.24, 2.45) is 0 Å². The second-order valence-electron chi connectivity index (χ2n) is 3.59. The first-order chi connectivity index (χ1) is 7.80. The number of hydrogen-bond donors (Lipinski definition) is 2. The molecular weight excluding hydrogens is 251 g/mol. The largest absolute Gasteiger partial charge is 0.416 e. The van der Waals surface area contributed by atoms with E-state index in [1.807, 2.05) is 0 Å². The summed E-state index contributed by atoms with van der Waals surface area (Å²) in [5.41, 5.74) is -0.315. The first-order valence-electron chi connectivity index (χ1n) is 4.92. The van der Waals surface area contributed by atoms with Gasteiger partial charge >= 0.3 is 6.18 Å². The van der Waals surface area contributed by atoms with E-state index in [0.717, 1.165) is 12.1 Å². The first kappa shape index (κ1) is 13.9. The van der Waals surface area contributed by atoms with Crippen molar-refractivity contribution in [2.75, 3.05) is 0 Å². The lowest BCUT2D eigenvalue weighted by Crippen LogP contribution is -2.29. The molecule has 0 aliphatic carbocycles. The van der Waals surface area contributed by atoms with Crippen LogP contribution < -0.4 is 5.32 Å². The average Bonchev–Trinajstić information content (AvgIpc) is 2.25. The van der Waals surface area contributed by atoms with E-state index in [-0.39, 0.29) is 12.5 Å². The Morgan fingerprint density at radius 2 is 2.12 bits per heavy atom. The number of halogens is 3. The van der Waals surface area contributed by atoms with Gasteiger partial charge in [0.05, 0.1) is 10.8 Å². The second-order valence-corrected chi connectivity index (χ2v) is 4.37. The normalized spacial score (nSPS) is 13.2. The van der Waals surface area contributed by atoms with Crippen molar-refractivity contribution in [3.63, 3.8) is 0 Å². The van der Waals surface area contributed by atoms with Gasteiger partial charge in [0.1, 0.15) is 0 Å². The minimum Gasteiger partial charge on any atom is -0.351 e. The molecule has 1 aromatic carbocycles. The van der Waals surface area contributed by atoms with E-state index in [4.69, 9.17) is 0 Å². The summed E-state index contributed by atoms with van der Waals surface area (Å²) < 4.78 is 37.2. The van der Waals surface area contributed by atoms with E-state index in [1.54, 1.807) is 6.92 Å². The molecule has 2 nitrogen and oxygen atoms in total. The highest BCUT2D eigenvalue weighted by Gasteiger charge is 2.30. The average molecular weight is 263 g/mol. The molecule has 0 aliphatic rings. The van der Waals surface area contributed by atoms with Gasteiger partial charge in [0.25, 0.3) is 0 Å². The second kappa shape index (κ2) is 5.44. The zero-order valence-electron chi connectivity index (χ0n) is 9.08. The van der Waals surface area contributed by atoms with Gasteiger partial charge in [-0.15, -0.1) is 0 Å². The maximum atomic E-state index is 12.4. The van der Waals surface area contributed by atoms with Crippen LogP contribution in [0.1, 0.15) is 18.1 Å². The fourth-order valence-electron chi connectivity index (χ4n) is 1.19. The Labute approximate surface area is 103 Å². The number of thiol groups is 1. The van der Waals surface area contributed by atoms with Crippen molar-refractivity contribution in [1.82, 2.24) is 5.32 Å². The van der Waals surface area contributed by atoms with Gasteiger partial charge < -0.3 is 5.32 Å².